The lowest BCUT2D eigenvalue weighted by Crippen LogP contribution is -2.43. The van der Waals surface area contributed by atoms with Gasteiger partial charge in [-0.2, -0.15) is 0 Å². The van der Waals surface area contributed by atoms with Crippen molar-refractivity contribution in [3.8, 4) is 0 Å². The minimum Gasteiger partial charge on any atom is -0.481 e. The van der Waals surface area contributed by atoms with Crippen molar-refractivity contribution in [3.63, 3.8) is 0 Å². The molecule has 5 nitrogen and oxygen atoms in total. The molecule has 0 aliphatic rings. The molecule has 110 valence electrons. The molecule has 0 saturated heterocycles. The van der Waals surface area contributed by atoms with E-state index in [9.17, 15) is 9.59 Å². The molecule has 0 aliphatic carbocycles. The molecule has 1 aromatic rings. The molecule has 5 heteroatoms. The van der Waals surface area contributed by atoms with E-state index in [1.807, 2.05) is 38.1 Å². The third kappa shape index (κ3) is 4.26. The van der Waals surface area contributed by atoms with Crippen LogP contribution in [0, 0.1) is 12.8 Å². The molecule has 1 atom stereocenters. The summed E-state index contributed by atoms with van der Waals surface area (Å²) in [4.78, 5) is 24.6. The quantitative estimate of drug-likeness (QED) is 0.840. The van der Waals surface area contributed by atoms with Crippen molar-refractivity contribution in [2.45, 2.75) is 27.2 Å². The van der Waals surface area contributed by atoms with Crippen molar-refractivity contribution >= 4 is 17.7 Å². The molecule has 20 heavy (non-hydrogen) atoms. The summed E-state index contributed by atoms with van der Waals surface area (Å²) < 4.78 is 0. The third-order valence-electron chi connectivity index (χ3n) is 3.25. The number of nitrogens with one attached hydrogen (secondary N) is 1. The van der Waals surface area contributed by atoms with E-state index in [2.05, 4.69) is 5.32 Å². The first-order valence-electron chi connectivity index (χ1n) is 6.84. The number of carboxylic acids is 1. The van der Waals surface area contributed by atoms with Crippen LogP contribution in [0.15, 0.2) is 24.3 Å². The van der Waals surface area contributed by atoms with Gasteiger partial charge in [0.2, 0.25) is 0 Å². The Morgan fingerprint density at radius 1 is 1.25 bits per heavy atom. The van der Waals surface area contributed by atoms with Crippen LogP contribution in [0.25, 0.3) is 0 Å². The highest BCUT2D eigenvalue weighted by atomic mass is 16.4. The molecule has 0 bridgehead atoms. The van der Waals surface area contributed by atoms with Gasteiger partial charge in [-0.05, 0) is 32.4 Å². The number of hydrogen-bond donors (Lipinski definition) is 2. The number of benzene rings is 1. The molecule has 0 saturated carbocycles. The van der Waals surface area contributed by atoms with Crippen molar-refractivity contribution < 1.29 is 14.7 Å². The van der Waals surface area contributed by atoms with E-state index in [4.69, 9.17) is 5.11 Å². The molecular formula is C15H22N2O3. The molecule has 2 N–H and O–H groups in total. The minimum atomic E-state index is -0.883. The van der Waals surface area contributed by atoms with Gasteiger partial charge in [0, 0.05) is 18.8 Å². The first-order valence-corrected chi connectivity index (χ1v) is 6.84. The van der Waals surface area contributed by atoms with E-state index < -0.39 is 11.9 Å². The summed E-state index contributed by atoms with van der Waals surface area (Å²) in [5.74, 6) is -1.43. The molecule has 0 spiro atoms. The number of hydrogen-bond acceptors (Lipinski definition) is 2. The number of aryl methyl sites for hydroxylation is 1. The fourth-order valence-corrected chi connectivity index (χ4v) is 1.88. The fraction of sp³-hybridized carbons (Fsp3) is 0.467. The van der Waals surface area contributed by atoms with Crippen LogP contribution in [0.1, 0.15) is 25.8 Å². The minimum absolute atomic E-state index is 0.146. The van der Waals surface area contributed by atoms with E-state index in [1.165, 1.54) is 0 Å². The fourth-order valence-electron chi connectivity index (χ4n) is 1.88. The second kappa shape index (κ2) is 7.53. The van der Waals surface area contributed by atoms with Gasteiger partial charge in [0.15, 0.2) is 0 Å². The van der Waals surface area contributed by atoms with Crippen LogP contribution in [0.4, 0.5) is 10.5 Å². The summed E-state index contributed by atoms with van der Waals surface area (Å²) in [6.07, 6.45) is 0.492. The average molecular weight is 278 g/mol. The van der Waals surface area contributed by atoms with E-state index >= 15 is 0 Å². The highest BCUT2D eigenvalue weighted by Crippen LogP contribution is 2.15. The highest BCUT2D eigenvalue weighted by molar-refractivity contribution is 5.92. The van der Waals surface area contributed by atoms with Crippen LogP contribution < -0.4 is 10.2 Å². The Kier molecular flexibility index (Phi) is 6.03. The maximum atomic E-state index is 12.1. The van der Waals surface area contributed by atoms with Gasteiger partial charge in [0.25, 0.3) is 0 Å². The van der Waals surface area contributed by atoms with Crippen LogP contribution in [0.2, 0.25) is 0 Å². The van der Waals surface area contributed by atoms with E-state index in [-0.39, 0.29) is 12.6 Å². The summed E-state index contributed by atoms with van der Waals surface area (Å²) in [7, 11) is 0. The maximum Gasteiger partial charge on any atom is 0.321 e. The van der Waals surface area contributed by atoms with Crippen LogP contribution in [-0.2, 0) is 4.79 Å². The summed E-state index contributed by atoms with van der Waals surface area (Å²) in [5.41, 5.74) is 1.93. The summed E-state index contributed by atoms with van der Waals surface area (Å²) in [5, 5.41) is 11.6. The Morgan fingerprint density at radius 2 is 1.85 bits per heavy atom. The van der Waals surface area contributed by atoms with Gasteiger partial charge < -0.3 is 10.4 Å². The SMILES string of the molecule is CCC(CNC(=O)N(CC)c1ccc(C)cc1)C(=O)O. The first-order chi connectivity index (χ1) is 9.49. The van der Waals surface area contributed by atoms with Crippen molar-refractivity contribution in [1.29, 1.82) is 0 Å². The normalized spacial score (nSPS) is 11.8. The Labute approximate surface area is 119 Å². The molecular weight excluding hydrogens is 256 g/mol. The number of nitrogens with zero attached hydrogens (tertiary/aromatic N) is 1. The molecule has 1 aromatic carbocycles. The molecule has 0 radical (unpaired) electrons. The number of anilines is 1. The summed E-state index contributed by atoms with van der Waals surface area (Å²) in [6, 6.07) is 7.38. The van der Waals surface area contributed by atoms with Crippen molar-refractivity contribution in [3.05, 3.63) is 29.8 Å². The van der Waals surface area contributed by atoms with Crippen LogP contribution in [0.5, 0.6) is 0 Å². The van der Waals surface area contributed by atoms with E-state index in [1.54, 1.807) is 11.8 Å². The summed E-state index contributed by atoms with van der Waals surface area (Å²) in [6.45, 7) is 6.33. The molecule has 1 rings (SSSR count). The van der Waals surface area contributed by atoms with Gasteiger partial charge in [-0.3, -0.25) is 9.69 Å². The number of aliphatic carboxylic acids is 1. The van der Waals surface area contributed by atoms with E-state index in [0.29, 0.717) is 13.0 Å². The lowest BCUT2D eigenvalue weighted by atomic mass is 10.1. The Morgan fingerprint density at radius 3 is 2.30 bits per heavy atom. The topological polar surface area (TPSA) is 69.6 Å². The molecule has 0 aromatic heterocycles. The standard InChI is InChI=1S/C15H22N2O3/c1-4-12(14(18)19)10-16-15(20)17(5-2)13-8-6-11(3)7-9-13/h6-9,12H,4-5,10H2,1-3H3,(H,16,20)(H,18,19). The number of rotatable bonds is 6. The number of carbonyl (C=O) groups is 2. The maximum absolute atomic E-state index is 12.1. The molecule has 0 aliphatic heterocycles. The van der Waals surface area contributed by atoms with Gasteiger partial charge >= 0.3 is 12.0 Å². The molecule has 0 heterocycles. The zero-order valence-corrected chi connectivity index (χ0v) is 12.2. The largest absolute Gasteiger partial charge is 0.481 e. The zero-order chi connectivity index (χ0) is 15.1. The smallest absolute Gasteiger partial charge is 0.321 e. The summed E-state index contributed by atoms with van der Waals surface area (Å²) >= 11 is 0. The molecule has 1 unspecified atom stereocenters. The Balaban J connectivity index is 2.68. The number of carboxylic acid groups (broad SMARTS) is 1. The van der Waals surface area contributed by atoms with Crippen molar-refractivity contribution in [2.24, 2.45) is 5.92 Å². The number of urea groups is 1. The molecule has 2 amide bonds. The molecule has 0 fully saturated rings. The highest BCUT2D eigenvalue weighted by Gasteiger charge is 2.18. The van der Waals surface area contributed by atoms with Gasteiger partial charge in [-0.1, -0.05) is 24.6 Å². The van der Waals surface area contributed by atoms with Crippen LogP contribution in [0.3, 0.4) is 0 Å². The van der Waals surface area contributed by atoms with Gasteiger partial charge in [0.05, 0.1) is 5.92 Å². The lowest BCUT2D eigenvalue weighted by Gasteiger charge is -2.22. The van der Waals surface area contributed by atoms with Gasteiger partial charge in [-0.25, -0.2) is 4.79 Å². The van der Waals surface area contributed by atoms with Crippen molar-refractivity contribution in [1.82, 2.24) is 5.32 Å². The number of amides is 2. The second-order valence-electron chi connectivity index (χ2n) is 4.71. The number of carbonyl (C=O) groups excluding carboxylic acids is 1. The third-order valence-corrected chi connectivity index (χ3v) is 3.25. The van der Waals surface area contributed by atoms with Crippen molar-refractivity contribution in [2.75, 3.05) is 18.0 Å². The predicted molar refractivity (Wildman–Crippen MR) is 79.0 cm³/mol. The zero-order valence-electron chi connectivity index (χ0n) is 12.2. The Bertz CT molecular complexity index is 457. The second-order valence-corrected chi connectivity index (χ2v) is 4.71. The van der Waals surface area contributed by atoms with Gasteiger partial charge in [-0.15, -0.1) is 0 Å². The van der Waals surface area contributed by atoms with E-state index in [0.717, 1.165) is 11.3 Å². The Hall–Kier alpha value is -2.04. The first kappa shape index (κ1) is 16.0. The average Bonchev–Trinajstić information content (AvgIpc) is 2.42. The monoisotopic (exact) mass is 278 g/mol. The van der Waals surface area contributed by atoms with Crippen LogP contribution in [-0.4, -0.2) is 30.2 Å². The predicted octanol–water partition coefficient (Wildman–Crippen LogP) is 2.64. The van der Waals surface area contributed by atoms with Crippen LogP contribution >= 0.6 is 0 Å². The van der Waals surface area contributed by atoms with Gasteiger partial charge in [0.1, 0.15) is 0 Å². The lowest BCUT2D eigenvalue weighted by molar-refractivity contribution is -0.141.